The second-order valence-corrected chi connectivity index (χ2v) is 5.68. The van der Waals surface area contributed by atoms with Crippen LogP contribution in [0.15, 0.2) is 21.6 Å². The second kappa shape index (κ2) is 4.99. The van der Waals surface area contributed by atoms with Crippen LogP contribution < -0.4 is 4.72 Å². The molecule has 1 unspecified atom stereocenters. The maximum atomic E-state index is 11.8. The van der Waals surface area contributed by atoms with E-state index in [1.807, 2.05) is 13.8 Å². The van der Waals surface area contributed by atoms with Crippen molar-refractivity contribution in [2.75, 3.05) is 0 Å². The SMILES string of the molecule is CC(C)C(C)NS(=O)(=O)c1ccc(CO)o1. The first kappa shape index (κ1) is 13.2. The van der Waals surface area contributed by atoms with E-state index in [2.05, 4.69) is 4.72 Å². The van der Waals surface area contributed by atoms with Crippen molar-refractivity contribution >= 4 is 10.0 Å². The Hall–Kier alpha value is -0.850. The molecule has 0 saturated carbocycles. The van der Waals surface area contributed by atoms with Gasteiger partial charge in [-0.05, 0) is 25.0 Å². The van der Waals surface area contributed by atoms with Crippen LogP contribution >= 0.6 is 0 Å². The molecule has 92 valence electrons. The van der Waals surface area contributed by atoms with Gasteiger partial charge in [-0.15, -0.1) is 0 Å². The Morgan fingerprint density at radius 1 is 1.38 bits per heavy atom. The van der Waals surface area contributed by atoms with Gasteiger partial charge in [0.15, 0.2) is 0 Å². The monoisotopic (exact) mass is 247 g/mol. The Balaban J connectivity index is 2.86. The molecule has 0 fully saturated rings. The highest BCUT2D eigenvalue weighted by atomic mass is 32.2. The van der Waals surface area contributed by atoms with Gasteiger partial charge in [0.25, 0.3) is 10.0 Å². The fourth-order valence-electron chi connectivity index (χ4n) is 1.03. The molecule has 0 bridgehead atoms. The van der Waals surface area contributed by atoms with E-state index in [1.165, 1.54) is 12.1 Å². The molecule has 1 aromatic heterocycles. The summed E-state index contributed by atoms with van der Waals surface area (Å²) >= 11 is 0. The molecular formula is C10H17NO4S. The number of aliphatic hydroxyl groups is 1. The smallest absolute Gasteiger partial charge is 0.274 e. The number of hydrogen-bond donors (Lipinski definition) is 2. The summed E-state index contributed by atoms with van der Waals surface area (Å²) in [7, 11) is -3.62. The van der Waals surface area contributed by atoms with Crippen LogP contribution in [-0.2, 0) is 16.6 Å². The van der Waals surface area contributed by atoms with Crippen LogP contribution in [0.4, 0.5) is 0 Å². The molecule has 2 N–H and O–H groups in total. The van der Waals surface area contributed by atoms with Crippen LogP contribution in [0, 0.1) is 5.92 Å². The van der Waals surface area contributed by atoms with Crippen LogP contribution in [0.5, 0.6) is 0 Å². The van der Waals surface area contributed by atoms with Gasteiger partial charge in [-0.3, -0.25) is 0 Å². The van der Waals surface area contributed by atoms with E-state index < -0.39 is 10.0 Å². The average Bonchev–Trinajstić information content (AvgIpc) is 2.65. The summed E-state index contributed by atoms with van der Waals surface area (Å²) in [4.78, 5) is 0. The van der Waals surface area contributed by atoms with Gasteiger partial charge in [-0.1, -0.05) is 13.8 Å². The van der Waals surface area contributed by atoms with E-state index in [1.54, 1.807) is 6.92 Å². The van der Waals surface area contributed by atoms with E-state index in [-0.39, 0.29) is 29.4 Å². The third-order valence-corrected chi connectivity index (χ3v) is 3.83. The van der Waals surface area contributed by atoms with Gasteiger partial charge in [-0.2, -0.15) is 0 Å². The first-order chi connectivity index (χ1) is 7.36. The van der Waals surface area contributed by atoms with Crippen LogP contribution in [0.3, 0.4) is 0 Å². The maximum absolute atomic E-state index is 11.8. The molecule has 0 amide bonds. The van der Waals surface area contributed by atoms with Gasteiger partial charge in [-0.25, -0.2) is 13.1 Å². The topological polar surface area (TPSA) is 79.5 Å². The molecule has 0 spiro atoms. The maximum Gasteiger partial charge on any atom is 0.274 e. The van der Waals surface area contributed by atoms with E-state index in [4.69, 9.17) is 9.52 Å². The van der Waals surface area contributed by atoms with Crippen LogP contribution in [-0.4, -0.2) is 19.6 Å². The summed E-state index contributed by atoms with van der Waals surface area (Å²) in [6.45, 7) is 5.33. The van der Waals surface area contributed by atoms with Gasteiger partial charge in [0.05, 0.1) is 0 Å². The van der Waals surface area contributed by atoms with Crippen molar-refractivity contribution in [3.05, 3.63) is 17.9 Å². The largest absolute Gasteiger partial charge is 0.446 e. The molecule has 1 heterocycles. The van der Waals surface area contributed by atoms with E-state index in [9.17, 15) is 8.42 Å². The Bertz CT molecular complexity index is 435. The summed E-state index contributed by atoms with van der Waals surface area (Å²) in [5.41, 5.74) is 0. The molecular weight excluding hydrogens is 230 g/mol. The lowest BCUT2D eigenvalue weighted by molar-refractivity contribution is 0.236. The number of rotatable bonds is 5. The third kappa shape index (κ3) is 3.07. The lowest BCUT2D eigenvalue weighted by Gasteiger charge is -2.16. The second-order valence-electron chi connectivity index (χ2n) is 4.03. The highest BCUT2D eigenvalue weighted by molar-refractivity contribution is 7.89. The highest BCUT2D eigenvalue weighted by Crippen LogP contribution is 2.15. The molecule has 1 rings (SSSR count). The molecule has 0 aliphatic rings. The van der Waals surface area contributed by atoms with Gasteiger partial charge < -0.3 is 9.52 Å². The number of nitrogens with one attached hydrogen (secondary N) is 1. The molecule has 6 heteroatoms. The Kier molecular flexibility index (Phi) is 4.12. The standard InChI is InChI=1S/C10H17NO4S/c1-7(2)8(3)11-16(13,14)10-5-4-9(6-12)15-10/h4-5,7-8,11-12H,6H2,1-3H3. The molecule has 0 saturated heterocycles. The van der Waals surface area contributed by atoms with Crippen molar-refractivity contribution in [2.24, 2.45) is 5.92 Å². The normalized spacial score (nSPS) is 14.3. The molecule has 0 radical (unpaired) electrons. The molecule has 0 aliphatic carbocycles. The van der Waals surface area contributed by atoms with Crippen molar-refractivity contribution in [2.45, 2.75) is 38.5 Å². The minimum atomic E-state index is -3.62. The van der Waals surface area contributed by atoms with Crippen molar-refractivity contribution in [1.82, 2.24) is 4.72 Å². The lowest BCUT2D eigenvalue weighted by atomic mass is 10.1. The van der Waals surface area contributed by atoms with Crippen molar-refractivity contribution in [3.63, 3.8) is 0 Å². The van der Waals surface area contributed by atoms with Crippen molar-refractivity contribution in [3.8, 4) is 0 Å². The Morgan fingerprint density at radius 2 is 2.00 bits per heavy atom. The van der Waals surface area contributed by atoms with Gasteiger partial charge in [0.1, 0.15) is 12.4 Å². The predicted octanol–water partition coefficient (Wildman–Crippen LogP) is 1.09. The van der Waals surface area contributed by atoms with Crippen molar-refractivity contribution in [1.29, 1.82) is 0 Å². The van der Waals surface area contributed by atoms with Gasteiger partial charge in [0, 0.05) is 6.04 Å². The summed E-state index contributed by atoms with van der Waals surface area (Å²) in [6.07, 6.45) is 0. The van der Waals surface area contributed by atoms with Gasteiger partial charge in [0.2, 0.25) is 5.09 Å². The van der Waals surface area contributed by atoms with E-state index in [0.29, 0.717) is 0 Å². The van der Waals surface area contributed by atoms with E-state index >= 15 is 0 Å². The van der Waals surface area contributed by atoms with E-state index in [0.717, 1.165) is 0 Å². The van der Waals surface area contributed by atoms with Crippen LogP contribution in [0.1, 0.15) is 26.5 Å². The molecule has 0 aliphatic heterocycles. The summed E-state index contributed by atoms with van der Waals surface area (Å²) in [6, 6.07) is 2.60. The molecule has 0 aromatic carbocycles. The quantitative estimate of drug-likeness (QED) is 0.816. The third-order valence-electron chi connectivity index (χ3n) is 2.40. The predicted molar refractivity (Wildman–Crippen MR) is 59.3 cm³/mol. The van der Waals surface area contributed by atoms with Gasteiger partial charge >= 0.3 is 0 Å². The minimum absolute atomic E-state index is 0.163. The molecule has 1 aromatic rings. The Labute approximate surface area is 95.5 Å². The van der Waals surface area contributed by atoms with Crippen molar-refractivity contribution < 1.29 is 17.9 Å². The first-order valence-electron chi connectivity index (χ1n) is 5.08. The number of sulfonamides is 1. The zero-order chi connectivity index (χ0) is 12.3. The summed E-state index contributed by atoms with van der Waals surface area (Å²) in [5.74, 6) is 0.430. The fraction of sp³-hybridized carbons (Fsp3) is 0.600. The molecule has 5 nitrogen and oxygen atoms in total. The summed E-state index contributed by atoms with van der Waals surface area (Å²) < 4.78 is 31.1. The first-order valence-corrected chi connectivity index (χ1v) is 6.57. The number of aliphatic hydroxyl groups excluding tert-OH is 1. The zero-order valence-corrected chi connectivity index (χ0v) is 10.4. The van der Waals surface area contributed by atoms with Crippen LogP contribution in [0.25, 0.3) is 0 Å². The number of furan rings is 1. The highest BCUT2D eigenvalue weighted by Gasteiger charge is 2.22. The summed E-state index contributed by atoms with van der Waals surface area (Å²) in [5, 5.41) is 8.61. The molecule has 1 atom stereocenters. The lowest BCUT2D eigenvalue weighted by Crippen LogP contribution is -2.35. The van der Waals surface area contributed by atoms with Crippen LogP contribution in [0.2, 0.25) is 0 Å². The molecule has 16 heavy (non-hydrogen) atoms. The zero-order valence-electron chi connectivity index (χ0n) is 9.60. The fourth-order valence-corrected chi connectivity index (χ4v) is 2.37. The minimum Gasteiger partial charge on any atom is -0.446 e. The Morgan fingerprint density at radius 3 is 2.44 bits per heavy atom. The number of hydrogen-bond acceptors (Lipinski definition) is 4. The average molecular weight is 247 g/mol.